The van der Waals surface area contributed by atoms with Gasteiger partial charge < -0.3 is 5.32 Å². The SMILES string of the molecule is Cc1nn(-c2cccc(C(F)(F)F)c2)c(C)c1C(=O)C(=O)NCc1ccc(-c2ccn[nH]2)cc1. The number of aromatic amines is 1. The molecule has 7 nitrogen and oxygen atoms in total. The number of nitrogens with zero attached hydrogens (tertiary/aromatic N) is 3. The van der Waals surface area contributed by atoms with E-state index in [4.69, 9.17) is 0 Å². The number of ketones is 1. The van der Waals surface area contributed by atoms with Crippen LogP contribution in [-0.2, 0) is 17.5 Å². The Morgan fingerprint density at radius 3 is 2.44 bits per heavy atom. The molecule has 0 bridgehead atoms. The first-order chi connectivity index (χ1) is 16.1. The van der Waals surface area contributed by atoms with Crippen LogP contribution in [0, 0.1) is 13.8 Å². The molecule has 0 saturated heterocycles. The minimum atomic E-state index is -4.51. The second kappa shape index (κ2) is 8.97. The van der Waals surface area contributed by atoms with E-state index in [1.807, 2.05) is 30.3 Å². The van der Waals surface area contributed by atoms with Crippen LogP contribution in [0.3, 0.4) is 0 Å². The molecule has 2 N–H and O–H groups in total. The van der Waals surface area contributed by atoms with E-state index in [0.717, 1.165) is 29.0 Å². The van der Waals surface area contributed by atoms with Crippen LogP contribution in [0.5, 0.6) is 0 Å². The Balaban J connectivity index is 1.49. The number of nitrogens with one attached hydrogen (secondary N) is 2. The fourth-order valence-electron chi connectivity index (χ4n) is 3.63. The number of aryl methyl sites for hydroxylation is 1. The second-order valence-electron chi connectivity index (χ2n) is 7.68. The highest BCUT2D eigenvalue weighted by Gasteiger charge is 2.31. The maximum atomic E-state index is 13.1. The van der Waals surface area contributed by atoms with Crippen molar-refractivity contribution in [1.29, 1.82) is 0 Å². The van der Waals surface area contributed by atoms with E-state index in [-0.39, 0.29) is 29.2 Å². The third kappa shape index (κ3) is 4.61. The Bertz CT molecular complexity index is 1340. The van der Waals surface area contributed by atoms with Gasteiger partial charge in [-0.1, -0.05) is 30.3 Å². The van der Waals surface area contributed by atoms with Crippen LogP contribution in [0.15, 0.2) is 60.8 Å². The zero-order valence-corrected chi connectivity index (χ0v) is 18.3. The molecule has 174 valence electrons. The van der Waals surface area contributed by atoms with Crippen LogP contribution in [0.1, 0.15) is 32.9 Å². The van der Waals surface area contributed by atoms with Crippen molar-refractivity contribution in [3.05, 3.63) is 88.9 Å². The van der Waals surface area contributed by atoms with Gasteiger partial charge in [-0.05, 0) is 49.2 Å². The van der Waals surface area contributed by atoms with Gasteiger partial charge in [0.05, 0.1) is 33.9 Å². The van der Waals surface area contributed by atoms with Gasteiger partial charge in [-0.25, -0.2) is 4.68 Å². The summed E-state index contributed by atoms with van der Waals surface area (Å²) in [4.78, 5) is 25.4. The molecule has 0 unspecified atom stereocenters. The molecule has 2 aromatic carbocycles. The molecule has 0 fully saturated rings. The molecule has 1 amide bonds. The van der Waals surface area contributed by atoms with Crippen LogP contribution in [0.4, 0.5) is 13.2 Å². The van der Waals surface area contributed by atoms with Gasteiger partial charge in [-0.15, -0.1) is 0 Å². The summed E-state index contributed by atoms with van der Waals surface area (Å²) in [6, 6.07) is 13.8. The van der Waals surface area contributed by atoms with Crippen molar-refractivity contribution < 1.29 is 22.8 Å². The molecule has 2 aromatic heterocycles. The smallest absolute Gasteiger partial charge is 0.345 e. The molecule has 0 saturated carbocycles. The molecule has 10 heteroatoms. The zero-order valence-electron chi connectivity index (χ0n) is 18.3. The number of carbonyl (C=O) groups is 2. The number of alkyl halides is 3. The van der Waals surface area contributed by atoms with Gasteiger partial charge in [0.15, 0.2) is 0 Å². The van der Waals surface area contributed by atoms with E-state index in [9.17, 15) is 22.8 Å². The monoisotopic (exact) mass is 467 g/mol. The summed E-state index contributed by atoms with van der Waals surface area (Å²) in [5, 5.41) is 13.6. The molecule has 4 rings (SSSR count). The van der Waals surface area contributed by atoms with E-state index in [1.165, 1.54) is 30.7 Å². The molecule has 0 aliphatic rings. The number of rotatable bonds is 6. The second-order valence-corrected chi connectivity index (χ2v) is 7.68. The van der Waals surface area contributed by atoms with E-state index in [0.29, 0.717) is 0 Å². The minimum Gasteiger partial charge on any atom is -0.345 e. The molecule has 4 aromatic rings. The highest BCUT2D eigenvalue weighted by atomic mass is 19.4. The molecule has 34 heavy (non-hydrogen) atoms. The summed E-state index contributed by atoms with van der Waals surface area (Å²) in [5.74, 6) is -1.63. The lowest BCUT2D eigenvalue weighted by Crippen LogP contribution is -2.31. The highest BCUT2D eigenvalue weighted by molar-refractivity contribution is 6.43. The number of H-pyrrole nitrogens is 1. The Morgan fingerprint density at radius 1 is 1.06 bits per heavy atom. The van der Waals surface area contributed by atoms with E-state index in [2.05, 4.69) is 20.6 Å². The van der Waals surface area contributed by atoms with Crippen LogP contribution < -0.4 is 5.32 Å². The van der Waals surface area contributed by atoms with Crippen molar-refractivity contribution in [2.75, 3.05) is 0 Å². The molecule has 0 radical (unpaired) electrons. The first-order valence-electron chi connectivity index (χ1n) is 10.3. The largest absolute Gasteiger partial charge is 0.416 e. The van der Waals surface area contributed by atoms with Crippen molar-refractivity contribution in [3.8, 4) is 16.9 Å². The van der Waals surface area contributed by atoms with Gasteiger partial charge >= 0.3 is 6.18 Å². The van der Waals surface area contributed by atoms with Crippen molar-refractivity contribution in [2.24, 2.45) is 0 Å². The minimum absolute atomic E-state index is 0.0597. The Kier molecular flexibility index (Phi) is 6.06. The summed E-state index contributed by atoms with van der Waals surface area (Å²) in [6.07, 6.45) is -2.87. The van der Waals surface area contributed by atoms with Gasteiger partial charge in [0.1, 0.15) is 0 Å². The quantitative estimate of drug-likeness (QED) is 0.325. The predicted octanol–water partition coefficient (Wildman–Crippen LogP) is 4.40. The maximum absolute atomic E-state index is 13.1. The maximum Gasteiger partial charge on any atom is 0.416 e. The summed E-state index contributed by atoms with van der Waals surface area (Å²) in [5.41, 5.74) is 2.47. The molecule has 2 heterocycles. The standard InChI is InChI=1S/C24H20F3N5O2/c1-14-21(15(2)32(31-14)19-5-3-4-18(12-19)24(25,26)27)22(33)23(34)28-13-16-6-8-17(9-7-16)20-10-11-29-30-20/h3-12H,13H2,1-2H3,(H,28,34)(H,29,30). The van der Waals surface area contributed by atoms with Gasteiger partial charge in [-0.2, -0.15) is 23.4 Å². The van der Waals surface area contributed by atoms with Gasteiger partial charge in [0, 0.05) is 12.7 Å². The molecule has 0 aliphatic heterocycles. The van der Waals surface area contributed by atoms with Crippen molar-refractivity contribution >= 4 is 11.7 Å². The average molecular weight is 467 g/mol. The van der Waals surface area contributed by atoms with Crippen LogP contribution in [0.25, 0.3) is 16.9 Å². The van der Waals surface area contributed by atoms with Crippen LogP contribution >= 0.6 is 0 Å². The third-order valence-electron chi connectivity index (χ3n) is 5.36. The van der Waals surface area contributed by atoms with E-state index < -0.39 is 23.4 Å². The number of halogens is 3. The number of amides is 1. The van der Waals surface area contributed by atoms with E-state index >= 15 is 0 Å². The number of hydrogen-bond donors (Lipinski definition) is 2. The number of carbonyl (C=O) groups excluding carboxylic acids is 2. The number of Topliss-reactive ketones (excluding diaryl/α,β-unsaturated/α-hetero) is 1. The van der Waals surface area contributed by atoms with E-state index in [1.54, 1.807) is 6.20 Å². The fourth-order valence-corrected chi connectivity index (χ4v) is 3.63. The van der Waals surface area contributed by atoms with Crippen molar-refractivity contribution in [2.45, 2.75) is 26.6 Å². The number of benzene rings is 2. The highest BCUT2D eigenvalue weighted by Crippen LogP contribution is 2.31. The average Bonchev–Trinajstić information content (AvgIpc) is 3.45. The Hall–Kier alpha value is -4.21. The molecule has 0 atom stereocenters. The van der Waals surface area contributed by atoms with Gasteiger partial charge in [0.2, 0.25) is 0 Å². The lowest BCUT2D eigenvalue weighted by molar-refractivity contribution is -0.137. The Morgan fingerprint density at radius 2 is 1.79 bits per heavy atom. The fraction of sp³-hybridized carbons (Fsp3) is 0.167. The lowest BCUT2D eigenvalue weighted by Gasteiger charge is -2.10. The number of hydrogen-bond acceptors (Lipinski definition) is 4. The summed E-state index contributed by atoms with van der Waals surface area (Å²) in [7, 11) is 0. The topological polar surface area (TPSA) is 92.7 Å². The number of aromatic nitrogens is 4. The van der Waals surface area contributed by atoms with Crippen LogP contribution in [0.2, 0.25) is 0 Å². The molecule has 0 aliphatic carbocycles. The molecular weight excluding hydrogens is 447 g/mol. The van der Waals surface area contributed by atoms with Crippen LogP contribution in [-0.4, -0.2) is 31.7 Å². The summed E-state index contributed by atoms with van der Waals surface area (Å²) < 4.78 is 40.5. The summed E-state index contributed by atoms with van der Waals surface area (Å²) in [6.45, 7) is 3.20. The first kappa shape index (κ1) is 23.0. The Labute approximate surface area is 192 Å². The van der Waals surface area contributed by atoms with Crippen molar-refractivity contribution in [3.63, 3.8) is 0 Å². The van der Waals surface area contributed by atoms with Gasteiger partial charge in [0.25, 0.3) is 11.7 Å². The lowest BCUT2D eigenvalue weighted by atomic mass is 10.1. The van der Waals surface area contributed by atoms with Gasteiger partial charge in [-0.3, -0.25) is 14.7 Å². The molecule has 0 spiro atoms. The first-order valence-corrected chi connectivity index (χ1v) is 10.3. The zero-order chi connectivity index (χ0) is 24.5. The summed E-state index contributed by atoms with van der Waals surface area (Å²) >= 11 is 0. The van der Waals surface area contributed by atoms with Crippen molar-refractivity contribution in [1.82, 2.24) is 25.3 Å². The molecular formula is C24H20F3N5O2. The predicted molar refractivity (Wildman–Crippen MR) is 118 cm³/mol. The normalized spacial score (nSPS) is 11.4. The third-order valence-corrected chi connectivity index (χ3v) is 5.36.